The molecule has 3 aromatic carbocycles. The first kappa shape index (κ1) is 15.1. The zero-order chi connectivity index (χ0) is 16.4. The van der Waals surface area contributed by atoms with E-state index in [9.17, 15) is 0 Å². The van der Waals surface area contributed by atoms with Gasteiger partial charge in [-0.25, -0.2) is 4.98 Å². The number of hydrogen-bond acceptors (Lipinski definition) is 3. The Bertz CT molecular complexity index is 949. The number of aromatic nitrogens is 2. The van der Waals surface area contributed by atoms with E-state index in [1.807, 2.05) is 60.7 Å². The topological polar surface area (TPSA) is 40.7 Å². The molecule has 2 N–H and O–H groups in total. The fourth-order valence-corrected chi connectivity index (χ4v) is 3.32. The van der Waals surface area contributed by atoms with E-state index >= 15 is 0 Å². The van der Waals surface area contributed by atoms with Crippen LogP contribution in [0, 0.1) is 0 Å². The van der Waals surface area contributed by atoms with E-state index in [-0.39, 0.29) is 0 Å². The normalized spacial score (nSPS) is 10.9. The maximum Gasteiger partial charge on any atom is 0.140 e. The average Bonchev–Trinajstić information content (AvgIpc) is 3.06. The van der Waals surface area contributed by atoms with E-state index < -0.39 is 0 Å². The average molecular weight is 352 g/mol. The summed E-state index contributed by atoms with van der Waals surface area (Å²) in [7, 11) is 0. The molecule has 0 bridgehead atoms. The monoisotopic (exact) mass is 351 g/mol. The summed E-state index contributed by atoms with van der Waals surface area (Å²) in [5.74, 6) is 0.773. The number of fused-ring (bicyclic) bond motifs is 1. The van der Waals surface area contributed by atoms with Crippen molar-refractivity contribution < 1.29 is 0 Å². The van der Waals surface area contributed by atoms with Crippen LogP contribution in [0.4, 0.5) is 5.69 Å². The number of rotatable bonds is 4. The van der Waals surface area contributed by atoms with Gasteiger partial charge in [-0.15, -0.1) is 0 Å². The van der Waals surface area contributed by atoms with Crippen molar-refractivity contribution in [3.05, 3.63) is 77.8 Å². The lowest BCUT2D eigenvalue weighted by Crippen LogP contribution is -1.89. The number of anilines is 1. The molecule has 0 atom stereocenters. The number of aromatic amines is 1. The van der Waals surface area contributed by atoms with Crippen LogP contribution in [0.2, 0.25) is 5.02 Å². The van der Waals surface area contributed by atoms with Crippen LogP contribution >= 0.6 is 23.5 Å². The van der Waals surface area contributed by atoms with Crippen LogP contribution in [-0.4, -0.2) is 9.97 Å². The third-order valence-corrected chi connectivity index (χ3v) is 4.82. The maximum atomic E-state index is 6.38. The molecular weight excluding hydrogens is 338 g/mol. The van der Waals surface area contributed by atoms with Crippen molar-refractivity contribution in [2.45, 2.75) is 4.90 Å². The van der Waals surface area contributed by atoms with Gasteiger partial charge in [-0.3, -0.25) is 0 Å². The summed E-state index contributed by atoms with van der Waals surface area (Å²) in [6, 6.07) is 24.0. The van der Waals surface area contributed by atoms with E-state index in [4.69, 9.17) is 11.6 Å². The van der Waals surface area contributed by atoms with Crippen molar-refractivity contribution in [2.75, 3.05) is 4.72 Å². The van der Waals surface area contributed by atoms with E-state index in [1.54, 1.807) is 11.9 Å². The van der Waals surface area contributed by atoms with Crippen molar-refractivity contribution >= 4 is 40.3 Å². The predicted molar refractivity (Wildman–Crippen MR) is 102 cm³/mol. The van der Waals surface area contributed by atoms with Crippen molar-refractivity contribution in [1.82, 2.24) is 9.97 Å². The summed E-state index contributed by atoms with van der Waals surface area (Å²) in [4.78, 5) is 9.10. The minimum atomic E-state index is 0.671. The van der Waals surface area contributed by atoms with E-state index in [1.165, 1.54) is 0 Å². The number of para-hydroxylation sites is 2. The standard InChI is InChI=1S/C19H14ClN3S/c20-16-11-10-13(23-24-14-6-2-1-3-7-14)12-15(16)19-21-17-8-4-5-9-18(17)22-19/h1-12,23H,(H,21,22). The number of nitrogens with zero attached hydrogens (tertiary/aromatic N) is 1. The summed E-state index contributed by atoms with van der Waals surface area (Å²) in [5.41, 5.74) is 3.79. The molecule has 0 fully saturated rings. The van der Waals surface area contributed by atoms with Crippen molar-refractivity contribution in [3.8, 4) is 11.4 Å². The van der Waals surface area contributed by atoms with Gasteiger partial charge in [0, 0.05) is 16.1 Å². The second kappa shape index (κ2) is 6.59. The lowest BCUT2D eigenvalue weighted by Gasteiger charge is -2.08. The third kappa shape index (κ3) is 3.11. The van der Waals surface area contributed by atoms with E-state index in [0.29, 0.717) is 5.02 Å². The fourth-order valence-electron chi connectivity index (χ4n) is 2.46. The number of imidazole rings is 1. The number of halogens is 1. The largest absolute Gasteiger partial charge is 0.338 e. The van der Waals surface area contributed by atoms with Crippen LogP contribution in [0.5, 0.6) is 0 Å². The highest BCUT2D eigenvalue weighted by molar-refractivity contribution is 8.00. The molecule has 0 saturated heterocycles. The molecule has 24 heavy (non-hydrogen) atoms. The first-order valence-electron chi connectivity index (χ1n) is 7.52. The van der Waals surface area contributed by atoms with Gasteiger partial charge in [0.05, 0.1) is 16.1 Å². The molecule has 4 rings (SSSR count). The van der Waals surface area contributed by atoms with E-state index in [2.05, 4.69) is 26.8 Å². The molecule has 0 aliphatic rings. The first-order valence-corrected chi connectivity index (χ1v) is 8.71. The van der Waals surface area contributed by atoms with Gasteiger partial charge >= 0.3 is 0 Å². The Kier molecular flexibility index (Phi) is 4.15. The Labute approximate surface area is 149 Å². The van der Waals surface area contributed by atoms with Gasteiger partial charge in [-0.1, -0.05) is 41.9 Å². The van der Waals surface area contributed by atoms with Gasteiger partial charge in [0.2, 0.25) is 0 Å². The maximum absolute atomic E-state index is 6.38. The Balaban J connectivity index is 1.63. The molecule has 0 aliphatic carbocycles. The molecule has 0 saturated carbocycles. The van der Waals surface area contributed by atoms with Crippen LogP contribution < -0.4 is 4.72 Å². The Morgan fingerprint density at radius 3 is 2.54 bits per heavy atom. The predicted octanol–water partition coefficient (Wildman–Crippen LogP) is 6.00. The van der Waals surface area contributed by atoms with Gasteiger partial charge in [0.25, 0.3) is 0 Å². The summed E-state index contributed by atoms with van der Waals surface area (Å²) in [6.07, 6.45) is 0. The van der Waals surface area contributed by atoms with Gasteiger partial charge in [0.1, 0.15) is 5.82 Å². The third-order valence-electron chi connectivity index (χ3n) is 3.64. The van der Waals surface area contributed by atoms with Crippen LogP contribution in [0.1, 0.15) is 0 Å². The second-order valence-corrected chi connectivity index (χ2v) is 6.60. The van der Waals surface area contributed by atoms with Gasteiger partial charge in [-0.05, 0) is 54.4 Å². The zero-order valence-corrected chi connectivity index (χ0v) is 14.2. The molecule has 0 amide bonds. The molecule has 1 aromatic heterocycles. The van der Waals surface area contributed by atoms with Gasteiger partial charge in [0.15, 0.2) is 0 Å². The van der Waals surface area contributed by atoms with Crippen LogP contribution in [0.15, 0.2) is 77.7 Å². The molecule has 0 aliphatic heterocycles. The van der Waals surface area contributed by atoms with Gasteiger partial charge in [-0.2, -0.15) is 0 Å². The molecule has 4 aromatic rings. The van der Waals surface area contributed by atoms with Crippen LogP contribution in [-0.2, 0) is 0 Å². The molecule has 1 heterocycles. The summed E-state index contributed by atoms with van der Waals surface area (Å²) in [5, 5.41) is 0.671. The SMILES string of the molecule is Clc1ccc(NSc2ccccc2)cc1-c1nc2ccccc2[nH]1. The summed E-state index contributed by atoms with van der Waals surface area (Å²) < 4.78 is 3.35. The fraction of sp³-hybridized carbons (Fsp3) is 0. The van der Waals surface area contributed by atoms with Gasteiger partial charge < -0.3 is 9.71 Å². The van der Waals surface area contributed by atoms with E-state index in [0.717, 1.165) is 33.0 Å². The van der Waals surface area contributed by atoms with Crippen molar-refractivity contribution in [3.63, 3.8) is 0 Å². The lowest BCUT2D eigenvalue weighted by molar-refractivity contribution is 1.34. The Hall–Kier alpha value is -2.43. The van der Waals surface area contributed by atoms with Crippen molar-refractivity contribution in [2.24, 2.45) is 0 Å². The number of hydrogen-bond donors (Lipinski definition) is 2. The number of benzene rings is 3. The molecule has 118 valence electrons. The lowest BCUT2D eigenvalue weighted by atomic mass is 10.2. The summed E-state index contributed by atoms with van der Waals surface area (Å²) in [6.45, 7) is 0. The number of H-pyrrole nitrogens is 1. The minimum absolute atomic E-state index is 0.671. The first-order chi connectivity index (χ1) is 11.8. The Morgan fingerprint density at radius 2 is 1.71 bits per heavy atom. The minimum Gasteiger partial charge on any atom is -0.338 e. The van der Waals surface area contributed by atoms with Crippen LogP contribution in [0.25, 0.3) is 22.4 Å². The molecule has 0 radical (unpaired) electrons. The highest BCUT2D eigenvalue weighted by Gasteiger charge is 2.10. The molecule has 0 unspecified atom stereocenters. The molecular formula is C19H14ClN3S. The quantitative estimate of drug-likeness (QED) is 0.443. The molecule has 3 nitrogen and oxygen atoms in total. The Morgan fingerprint density at radius 1 is 0.917 bits per heavy atom. The molecule has 5 heteroatoms. The highest BCUT2D eigenvalue weighted by Crippen LogP contribution is 2.31. The van der Waals surface area contributed by atoms with Crippen molar-refractivity contribution in [1.29, 1.82) is 0 Å². The molecule has 0 spiro atoms. The summed E-state index contributed by atoms with van der Waals surface area (Å²) >= 11 is 7.95. The smallest absolute Gasteiger partial charge is 0.140 e. The highest BCUT2D eigenvalue weighted by atomic mass is 35.5. The second-order valence-electron chi connectivity index (χ2n) is 5.31. The van der Waals surface area contributed by atoms with Crippen LogP contribution in [0.3, 0.4) is 0 Å². The number of nitrogens with one attached hydrogen (secondary N) is 2. The zero-order valence-electron chi connectivity index (χ0n) is 12.7.